The van der Waals surface area contributed by atoms with Crippen molar-refractivity contribution in [1.29, 1.82) is 0 Å². The molecule has 0 bridgehead atoms. The summed E-state index contributed by atoms with van der Waals surface area (Å²) < 4.78 is 15.5. The lowest BCUT2D eigenvalue weighted by Crippen LogP contribution is -2.01. The van der Waals surface area contributed by atoms with Crippen LogP contribution in [0.25, 0.3) is 126 Å². The minimum atomic E-state index is 0.893. The Kier molecular flexibility index (Phi) is 6.23. The molecule has 0 unspecified atom stereocenters. The van der Waals surface area contributed by atoms with Crippen molar-refractivity contribution in [3.8, 4) is 27.9 Å². The van der Waals surface area contributed by atoms with Gasteiger partial charge in [-0.1, -0.05) is 109 Å². The van der Waals surface area contributed by atoms with Crippen LogP contribution in [-0.2, 0) is 0 Å². The summed E-state index contributed by atoms with van der Waals surface area (Å²) in [7, 11) is 0. The third kappa shape index (κ3) is 4.23. The van der Waals surface area contributed by atoms with Crippen LogP contribution in [0.1, 0.15) is 16.7 Å². The number of benzene rings is 10. The zero-order valence-corrected chi connectivity index (χ0v) is 32.3. The van der Waals surface area contributed by atoms with Crippen LogP contribution in [0, 0.1) is 20.8 Å². The molecule has 3 heterocycles. The molecule has 0 radical (unpaired) electrons. The number of aryl methyl sites for hydroxylation is 3. The van der Waals surface area contributed by atoms with E-state index in [-0.39, 0.29) is 0 Å². The lowest BCUT2D eigenvalue weighted by atomic mass is 9.85. The first kappa shape index (κ1) is 31.8. The molecule has 0 amide bonds. The molecule has 0 N–H and O–H groups in total. The predicted octanol–water partition coefficient (Wildman–Crippen LogP) is 15.7. The van der Waals surface area contributed by atoms with Gasteiger partial charge in [0, 0.05) is 37.7 Å². The Balaban J connectivity index is 1.18. The van der Waals surface area contributed by atoms with Crippen LogP contribution >= 0.6 is 0 Å². The maximum atomic E-state index is 6.48. The molecule has 3 aromatic heterocycles. The Morgan fingerprint density at radius 2 is 0.897 bits per heavy atom. The van der Waals surface area contributed by atoms with Gasteiger partial charge in [0.15, 0.2) is 0 Å². The third-order valence-corrected chi connectivity index (χ3v) is 12.8. The fourth-order valence-electron chi connectivity index (χ4n) is 10.4. The van der Waals surface area contributed by atoms with Gasteiger partial charge in [-0.25, -0.2) is 0 Å². The first-order valence-corrected chi connectivity index (χ1v) is 20.1. The molecule has 0 saturated carbocycles. The van der Waals surface area contributed by atoms with Gasteiger partial charge in [0.1, 0.15) is 22.3 Å². The number of furan rings is 2. The van der Waals surface area contributed by atoms with Gasteiger partial charge in [-0.05, 0) is 136 Å². The molecule has 0 atom stereocenters. The highest BCUT2D eigenvalue weighted by atomic mass is 16.3. The molecule has 10 aromatic carbocycles. The molecular weight excluding hydrogens is 707 g/mol. The van der Waals surface area contributed by atoms with Crippen molar-refractivity contribution in [3.63, 3.8) is 0 Å². The maximum absolute atomic E-state index is 6.48. The number of nitrogens with zero attached hydrogens (tertiary/aromatic N) is 1. The molecule has 0 spiro atoms. The summed E-state index contributed by atoms with van der Waals surface area (Å²) in [6.45, 7) is 6.70. The van der Waals surface area contributed by atoms with Gasteiger partial charge in [-0.15, -0.1) is 0 Å². The zero-order valence-electron chi connectivity index (χ0n) is 32.3. The predicted molar refractivity (Wildman–Crippen MR) is 244 cm³/mol. The first-order chi connectivity index (χ1) is 28.5. The third-order valence-electron chi connectivity index (χ3n) is 12.8. The average Bonchev–Trinajstić information content (AvgIpc) is 3.91. The van der Waals surface area contributed by atoms with E-state index in [4.69, 9.17) is 8.83 Å². The topological polar surface area (TPSA) is 31.2 Å². The fraction of sp³-hybridized carbons (Fsp3) is 0.0545. The Labute approximate surface area is 333 Å². The monoisotopic (exact) mass is 741 g/mol. The van der Waals surface area contributed by atoms with Crippen molar-refractivity contribution in [1.82, 2.24) is 4.57 Å². The Morgan fingerprint density at radius 1 is 0.379 bits per heavy atom. The van der Waals surface area contributed by atoms with Crippen molar-refractivity contribution < 1.29 is 8.83 Å². The summed E-state index contributed by atoms with van der Waals surface area (Å²) in [5.74, 6) is 0. The average molecular weight is 742 g/mol. The van der Waals surface area contributed by atoms with Gasteiger partial charge in [0.2, 0.25) is 0 Å². The van der Waals surface area contributed by atoms with Gasteiger partial charge in [-0.3, -0.25) is 0 Å². The summed E-state index contributed by atoms with van der Waals surface area (Å²) >= 11 is 0. The van der Waals surface area contributed by atoms with E-state index >= 15 is 0 Å². The van der Waals surface area contributed by atoms with Crippen molar-refractivity contribution in [3.05, 3.63) is 174 Å². The fourth-order valence-corrected chi connectivity index (χ4v) is 10.4. The highest BCUT2D eigenvalue weighted by Gasteiger charge is 2.23. The summed E-state index contributed by atoms with van der Waals surface area (Å²) in [6, 6.07) is 57.8. The molecule has 58 heavy (non-hydrogen) atoms. The van der Waals surface area contributed by atoms with E-state index in [2.05, 4.69) is 171 Å². The van der Waals surface area contributed by atoms with Crippen LogP contribution in [0.3, 0.4) is 0 Å². The van der Waals surface area contributed by atoms with Crippen molar-refractivity contribution in [2.24, 2.45) is 0 Å². The molecule has 0 fully saturated rings. The molecular formula is C55H35NO2. The van der Waals surface area contributed by atoms with Crippen LogP contribution < -0.4 is 0 Å². The largest absolute Gasteiger partial charge is 0.456 e. The SMILES string of the molecule is Cc1cc(C)c(-n2c3ccccc3c3cc4ccc5c(-c6ccc7c(c6)oc6ccccc67)cc(-c6ccc7c(c6)oc6ccccc67)c6ccc(c4c56)c32)c(C)c1. The second kappa shape index (κ2) is 11.4. The molecule has 0 aliphatic heterocycles. The summed E-state index contributed by atoms with van der Waals surface area (Å²) in [6.07, 6.45) is 0. The van der Waals surface area contributed by atoms with Crippen molar-refractivity contribution >= 4 is 98.0 Å². The number of aromatic nitrogens is 1. The highest BCUT2D eigenvalue weighted by Crippen LogP contribution is 2.49. The van der Waals surface area contributed by atoms with E-state index in [1.54, 1.807) is 0 Å². The molecule has 0 saturated heterocycles. The normalized spacial score (nSPS) is 12.4. The van der Waals surface area contributed by atoms with Crippen LogP contribution in [0.2, 0.25) is 0 Å². The summed E-state index contributed by atoms with van der Waals surface area (Å²) in [5, 5.41) is 14.6. The van der Waals surface area contributed by atoms with E-state index in [9.17, 15) is 0 Å². The second-order valence-electron chi connectivity index (χ2n) is 16.2. The number of fused-ring (bicyclic) bond motifs is 10. The van der Waals surface area contributed by atoms with Gasteiger partial charge >= 0.3 is 0 Å². The number of para-hydroxylation sites is 3. The van der Waals surface area contributed by atoms with Gasteiger partial charge in [0.25, 0.3) is 0 Å². The van der Waals surface area contributed by atoms with Crippen LogP contribution in [0.4, 0.5) is 0 Å². The van der Waals surface area contributed by atoms with E-state index in [0.717, 1.165) is 55.0 Å². The van der Waals surface area contributed by atoms with Gasteiger partial charge in [0.05, 0.1) is 16.7 Å². The zero-order chi connectivity index (χ0) is 38.4. The van der Waals surface area contributed by atoms with Crippen molar-refractivity contribution in [2.75, 3.05) is 0 Å². The molecule has 0 aliphatic rings. The lowest BCUT2D eigenvalue weighted by Gasteiger charge is -2.20. The van der Waals surface area contributed by atoms with E-state index in [1.807, 2.05) is 12.1 Å². The first-order valence-electron chi connectivity index (χ1n) is 20.1. The quantitative estimate of drug-likeness (QED) is 0.169. The number of hydrogen-bond donors (Lipinski definition) is 0. The molecule has 0 aliphatic carbocycles. The molecule has 13 rings (SSSR count). The molecule has 3 nitrogen and oxygen atoms in total. The van der Waals surface area contributed by atoms with E-state index in [1.165, 1.54) is 87.6 Å². The standard InChI is InChI=1S/C55H35NO2/c1-30-24-31(2)54(32(3)25-30)56-47-13-7-4-10-36(47)46-26-35-18-21-41-44(33-16-19-39-37-11-5-8-14-48(37)57-50(39)27-33)29-45(42-22-23-43(55(46)56)52(35)53(41)42)34-17-20-40-38-12-6-9-15-49(38)58-51(40)28-34/h4-29H,1-3H3. The highest BCUT2D eigenvalue weighted by molar-refractivity contribution is 6.34. The van der Waals surface area contributed by atoms with Crippen LogP contribution in [0.15, 0.2) is 167 Å². The van der Waals surface area contributed by atoms with E-state index in [0.29, 0.717) is 0 Å². The van der Waals surface area contributed by atoms with Crippen molar-refractivity contribution in [2.45, 2.75) is 20.8 Å². The van der Waals surface area contributed by atoms with Crippen LogP contribution in [-0.4, -0.2) is 4.57 Å². The van der Waals surface area contributed by atoms with E-state index < -0.39 is 0 Å². The lowest BCUT2D eigenvalue weighted by molar-refractivity contribution is 0.668. The summed E-state index contributed by atoms with van der Waals surface area (Å²) in [4.78, 5) is 0. The minimum Gasteiger partial charge on any atom is -0.456 e. The summed E-state index contributed by atoms with van der Waals surface area (Å²) in [5.41, 5.74) is 15.8. The maximum Gasteiger partial charge on any atom is 0.136 e. The molecule has 272 valence electrons. The Bertz CT molecular complexity index is 3730. The molecule has 13 aromatic rings. The number of rotatable bonds is 3. The minimum absolute atomic E-state index is 0.893. The number of hydrogen-bond acceptors (Lipinski definition) is 2. The van der Waals surface area contributed by atoms with Gasteiger partial charge < -0.3 is 13.4 Å². The molecule has 3 heteroatoms. The Morgan fingerprint density at radius 3 is 1.53 bits per heavy atom. The van der Waals surface area contributed by atoms with Gasteiger partial charge in [-0.2, -0.15) is 0 Å². The smallest absolute Gasteiger partial charge is 0.136 e. The van der Waals surface area contributed by atoms with Crippen LogP contribution in [0.5, 0.6) is 0 Å². The Hall–Kier alpha value is -7.36. The second-order valence-corrected chi connectivity index (χ2v) is 16.2.